The average molecular weight is 694 g/mol. The third-order valence-electron chi connectivity index (χ3n) is 9.93. The lowest BCUT2D eigenvalue weighted by Crippen LogP contribution is -2.65. The van der Waals surface area contributed by atoms with Crippen LogP contribution < -0.4 is 16.0 Å². The van der Waals surface area contributed by atoms with Crippen LogP contribution in [-0.4, -0.2) is 87.6 Å². The number of amides is 4. The van der Waals surface area contributed by atoms with Crippen molar-refractivity contribution in [1.29, 1.82) is 0 Å². The van der Waals surface area contributed by atoms with Gasteiger partial charge in [0.25, 0.3) is 5.91 Å². The zero-order chi connectivity index (χ0) is 36.5. The predicted molar refractivity (Wildman–Crippen MR) is 186 cm³/mol. The van der Waals surface area contributed by atoms with E-state index in [1.807, 2.05) is 20.8 Å². The lowest BCUT2D eigenvalue weighted by atomic mass is 9.93. The molecular formula is C37H51N5O8. The van der Waals surface area contributed by atoms with Crippen LogP contribution in [0, 0.1) is 5.92 Å². The number of ketones is 1. The third kappa shape index (κ3) is 8.97. The largest absolute Gasteiger partial charge is 0.463 e. The van der Waals surface area contributed by atoms with Crippen molar-refractivity contribution >= 4 is 52.2 Å². The summed E-state index contributed by atoms with van der Waals surface area (Å²) in [5.41, 5.74) is 0.529. The third-order valence-corrected chi connectivity index (χ3v) is 9.93. The van der Waals surface area contributed by atoms with Crippen molar-refractivity contribution in [1.82, 2.24) is 25.4 Å². The summed E-state index contributed by atoms with van der Waals surface area (Å²) in [5, 5.41) is 8.68. The minimum Gasteiger partial charge on any atom is -0.463 e. The van der Waals surface area contributed by atoms with Crippen LogP contribution in [0.5, 0.6) is 0 Å². The number of unbranched alkanes of at least 4 members (excludes halogenated alkanes) is 2. The highest BCUT2D eigenvalue weighted by molar-refractivity contribution is 6.21. The fourth-order valence-corrected chi connectivity index (χ4v) is 6.87. The van der Waals surface area contributed by atoms with Crippen LogP contribution in [0.3, 0.4) is 0 Å². The molecule has 2 aliphatic rings. The van der Waals surface area contributed by atoms with E-state index in [4.69, 9.17) is 4.74 Å². The first-order valence-corrected chi connectivity index (χ1v) is 17.9. The van der Waals surface area contributed by atoms with Gasteiger partial charge in [0.05, 0.1) is 5.52 Å². The summed E-state index contributed by atoms with van der Waals surface area (Å²) in [6.07, 6.45) is 6.98. The number of Topliss-reactive ketones (excluding diaryl/α,β-unsaturated/α-hetero) is 1. The van der Waals surface area contributed by atoms with Gasteiger partial charge in [0.15, 0.2) is 11.8 Å². The Labute approximate surface area is 293 Å². The van der Waals surface area contributed by atoms with Crippen molar-refractivity contribution in [2.75, 3.05) is 6.54 Å². The summed E-state index contributed by atoms with van der Waals surface area (Å²) in [6.45, 7) is 8.69. The Kier molecular flexibility index (Phi) is 13.3. The topological polar surface area (TPSA) is 173 Å². The minimum absolute atomic E-state index is 0.0599. The molecule has 1 aromatic carbocycles. The molecule has 13 nitrogen and oxygen atoms in total. The van der Waals surface area contributed by atoms with Gasteiger partial charge in [-0.2, -0.15) is 0 Å². The van der Waals surface area contributed by atoms with E-state index in [0.29, 0.717) is 62.4 Å². The second-order valence-electron chi connectivity index (χ2n) is 13.5. The van der Waals surface area contributed by atoms with Crippen molar-refractivity contribution in [3.63, 3.8) is 0 Å². The van der Waals surface area contributed by atoms with Crippen LogP contribution >= 0.6 is 0 Å². The fraction of sp³-hybridized carbons (Fsp3) is 0.595. The average Bonchev–Trinajstić information content (AvgIpc) is 3.50. The molecule has 50 heavy (non-hydrogen) atoms. The molecule has 13 heteroatoms. The summed E-state index contributed by atoms with van der Waals surface area (Å²) in [4.78, 5) is 95.8. The number of piperidine rings is 1. The quantitative estimate of drug-likeness (QED) is 0.131. The van der Waals surface area contributed by atoms with Crippen LogP contribution in [0.1, 0.15) is 114 Å². The van der Waals surface area contributed by atoms with Crippen molar-refractivity contribution in [3.8, 4) is 0 Å². The Morgan fingerprint density at radius 3 is 2.32 bits per heavy atom. The number of hydrogen-bond donors (Lipinski definition) is 3. The maximum Gasteiger partial charge on any atom is 0.302 e. The van der Waals surface area contributed by atoms with Crippen molar-refractivity contribution in [2.45, 2.75) is 129 Å². The van der Waals surface area contributed by atoms with Gasteiger partial charge in [-0.1, -0.05) is 58.2 Å². The molecular weight excluding hydrogens is 642 g/mol. The van der Waals surface area contributed by atoms with Gasteiger partial charge in [0.1, 0.15) is 24.2 Å². The number of nitrogens with zero attached hydrogens (tertiary/aromatic N) is 2. The summed E-state index contributed by atoms with van der Waals surface area (Å²) in [7, 11) is 0. The molecule has 2 unspecified atom stereocenters. The maximum absolute atomic E-state index is 14.3. The number of carbonyl (C=O) groups excluding carboxylic acids is 7. The molecule has 2 aromatic rings. The van der Waals surface area contributed by atoms with Gasteiger partial charge in [-0.05, 0) is 56.9 Å². The number of hydrogen-bond acceptors (Lipinski definition) is 8. The number of esters is 1. The van der Waals surface area contributed by atoms with E-state index in [0.717, 1.165) is 12.8 Å². The molecule has 4 rings (SSSR count). The number of carbonyl (C=O) groups is 7. The summed E-state index contributed by atoms with van der Waals surface area (Å²) in [5.74, 6) is -4.20. The fourth-order valence-electron chi connectivity index (χ4n) is 6.87. The first-order valence-electron chi connectivity index (χ1n) is 17.9. The molecule has 0 radical (unpaired) electrons. The zero-order valence-electron chi connectivity index (χ0n) is 29.8. The van der Waals surface area contributed by atoms with Crippen LogP contribution in [0.15, 0.2) is 30.5 Å². The van der Waals surface area contributed by atoms with Crippen LogP contribution in [-0.2, 0) is 28.7 Å². The first kappa shape index (κ1) is 38.3. The van der Waals surface area contributed by atoms with Crippen molar-refractivity contribution in [3.05, 3.63) is 36.0 Å². The number of aromatic nitrogens is 1. The lowest BCUT2D eigenvalue weighted by molar-refractivity contribution is -0.147. The van der Waals surface area contributed by atoms with E-state index in [2.05, 4.69) is 16.0 Å². The first-order chi connectivity index (χ1) is 23.9. The minimum atomic E-state index is -1.75. The molecule has 6 atom stereocenters. The van der Waals surface area contributed by atoms with Crippen molar-refractivity contribution < 1.29 is 38.3 Å². The monoisotopic (exact) mass is 693 g/mol. The van der Waals surface area contributed by atoms with E-state index < -0.39 is 53.6 Å². The Morgan fingerprint density at radius 1 is 0.900 bits per heavy atom. The smallest absolute Gasteiger partial charge is 0.302 e. The molecule has 3 heterocycles. The molecule has 4 amide bonds. The standard InChI is InChI=1S/C37H51N5O8/c1-6-22(3)31-37(49)41-20-14-13-19-30(41)35(47)38-28(17-10-8-9-15-25(7-2)50-24(5)44)34(46)40-32(36(48)39-31)33(45)27-21-42(23(4)43)29-18-12-11-16-26(27)29/h11-12,16,18,21-22,25,28,30-32H,6-10,13-15,17,19-20H2,1-5H3,(H,38,47)(H,39,48)(H,40,46)/t22?,25?,28-,30+,31-,32-/m0/s1. The summed E-state index contributed by atoms with van der Waals surface area (Å²) >= 11 is 0. The molecule has 3 N–H and O–H groups in total. The van der Waals surface area contributed by atoms with Gasteiger partial charge in [-0.25, -0.2) is 0 Å². The lowest BCUT2D eigenvalue weighted by Gasteiger charge is -2.39. The van der Waals surface area contributed by atoms with Crippen LogP contribution in [0.25, 0.3) is 10.9 Å². The SMILES string of the molecule is CCC(CCCCC[C@@H]1NC(=O)[C@H]2CCCCN2C(=O)[C@H](C(C)CC)NC(=O)[C@H](C(=O)c2cn(C(C)=O)c3ccccc23)NC1=O)OC(C)=O. The Balaban J connectivity index is 1.68. The number of para-hydroxylation sites is 1. The Hall–Kier alpha value is -4.55. The molecule has 0 aliphatic carbocycles. The van der Waals surface area contributed by atoms with Crippen molar-refractivity contribution in [2.24, 2.45) is 5.92 Å². The van der Waals surface area contributed by atoms with Gasteiger partial charge in [-0.15, -0.1) is 0 Å². The highest BCUT2D eigenvalue weighted by Crippen LogP contribution is 2.25. The molecule has 272 valence electrons. The van der Waals surface area contributed by atoms with Gasteiger partial charge in [-0.3, -0.25) is 38.1 Å². The molecule has 1 aromatic heterocycles. The van der Waals surface area contributed by atoms with Gasteiger partial charge in [0.2, 0.25) is 23.6 Å². The molecule has 0 bridgehead atoms. The number of nitrogens with one attached hydrogen (secondary N) is 3. The number of ether oxygens (including phenoxy) is 1. The molecule has 0 spiro atoms. The second kappa shape index (κ2) is 17.4. The van der Waals surface area contributed by atoms with E-state index in [-0.39, 0.29) is 35.9 Å². The normalized spacial score (nSPS) is 23.0. The van der Waals surface area contributed by atoms with Crippen LogP contribution in [0.4, 0.5) is 0 Å². The van der Waals surface area contributed by atoms with E-state index in [9.17, 15) is 33.6 Å². The maximum atomic E-state index is 14.3. The molecule has 0 saturated carbocycles. The van der Waals surface area contributed by atoms with Gasteiger partial charge in [0, 0.05) is 37.5 Å². The number of fused-ring (bicyclic) bond motifs is 2. The number of rotatable bonds is 12. The molecule has 2 saturated heterocycles. The highest BCUT2D eigenvalue weighted by Gasteiger charge is 2.42. The molecule has 2 fully saturated rings. The van der Waals surface area contributed by atoms with Crippen LogP contribution in [0.2, 0.25) is 0 Å². The summed E-state index contributed by atoms with van der Waals surface area (Å²) < 4.78 is 6.65. The molecule has 2 aliphatic heterocycles. The Morgan fingerprint density at radius 2 is 1.64 bits per heavy atom. The summed E-state index contributed by atoms with van der Waals surface area (Å²) in [6, 6.07) is 2.08. The van der Waals surface area contributed by atoms with Gasteiger partial charge >= 0.3 is 5.97 Å². The Bertz CT molecular complexity index is 1600. The van der Waals surface area contributed by atoms with E-state index >= 15 is 0 Å². The van der Waals surface area contributed by atoms with E-state index in [1.54, 1.807) is 24.3 Å². The second-order valence-corrected chi connectivity index (χ2v) is 13.5. The van der Waals surface area contributed by atoms with E-state index in [1.165, 1.54) is 29.5 Å². The predicted octanol–water partition coefficient (Wildman–Crippen LogP) is 3.67. The number of benzene rings is 1. The zero-order valence-corrected chi connectivity index (χ0v) is 29.8. The van der Waals surface area contributed by atoms with Gasteiger partial charge < -0.3 is 25.6 Å². The highest BCUT2D eigenvalue weighted by atomic mass is 16.5.